The third kappa shape index (κ3) is 4.38. The smallest absolute Gasteiger partial charge is 0.255 e. The van der Waals surface area contributed by atoms with Crippen LogP contribution in [-0.4, -0.2) is 41.3 Å². The zero-order valence-electron chi connectivity index (χ0n) is 16.3. The molecule has 1 heterocycles. The van der Waals surface area contributed by atoms with Crippen LogP contribution in [0.25, 0.3) is 5.69 Å². The van der Waals surface area contributed by atoms with Crippen molar-refractivity contribution in [2.24, 2.45) is 0 Å². The SMILES string of the molecule is CCN(CC)S(=O)(=O)c1cc(C(=O)Nc2ccc(-n3ccnc3)c(F)c2)ccc1Cl. The molecule has 1 amide bonds. The minimum absolute atomic E-state index is 0.0224. The van der Waals surface area contributed by atoms with Crippen molar-refractivity contribution in [1.29, 1.82) is 0 Å². The average molecular weight is 451 g/mol. The van der Waals surface area contributed by atoms with Crippen LogP contribution >= 0.6 is 11.6 Å². The van der Waals surface area contributed by atoms with Crippen LogP contribution in [0.4, 0.5) is 10.1 Å². The Morgan fingerprint density at radius 1 is 1.20 bits per heavy atom. The van der Waals surface area contributed by atoms with E-state index >= 15 is 0 Å². The largest absolute Gasteiger partial charge is 0.322 e. The number of carbonyl (C=O) groups is 1. The van der Waals surface area contributed by atoms with Gasteiger partial charge in [0.2, 0.25) is 10.0 Å². The van der Waals surface area contributed by atoms with Crippen molar-refractivity contribution >= 4 is 33.2 Å². The monoisotopic (exact) mass is 450 g/mol. The van der Waals surface area contributed by atoms with E-state index in [1.54, 1.807) is 26.1 Å². The summed E-state index contributed by atoms with van der Waals surface area (Å²) in [5.74, 6) is -1.14. The summed E-state index contributed by atoms with van der Waals surface area (Å²) in [5, 5.41) is 2.59. The number of hydrogen-bond acceptors (Lipinski definition) is 4. The van der Waals surface area contributed by atoms with Gasteiger partial charge in [-0.05, 0) is 36.4 Å². The molecule has 3 aromatic rings. The lowest BCUT2D eigenvalue weighted by atomic mass is 10.2. The molecule has 0 radical (unpaired) electrons. The number of imidazole rings is 1. The van der Waals surface area contributed by atoms with Gasteiger partial charge in [0.05, 0.1) is 17.0 Å². The Morgan fingerprint density at radius 2 is 1.93 bits per heavy atom. The lowest BCUT2D eigenvalue weighted by Gasteiger charge is -2.19. The summed E-state index contributed by atoms with van der Waals surface area (Å²) < 4.78 is 42.8. The first-order chi connectivity index (χ1) is 14.3. The second-order valence-electron chi connectivity index (χ2n) is 6.32. The molecule has 7 nitrogen and oxygen atoms in total. The standard InChI is InChI=1S/C20H20ClFN4O3S/c1-3-26(4-2)30(28,29)19-11-14(5-7-16(19)21)20(27)24-15-6-8-18(17(22)12-15)25-10-9-23-13-25/h5-13H,3-4H2,1-2H3,(H,24,27). The van der Waals surface area contributed by atoms with Crippen molar-refractivity contribution in [3.63, 3.8) is 0 Å². The van der Waals surface area contributed by atoms with Crippen molar-refractivity contribution in [1.82, 2.24) is 13.9 Å². The van der Waals surface area contributed by atoms with E-state index in [9.17, 15) is 17.6 Å². The first kappa shape index (κ1) is 21.9. The van der Waals surface area contributed by atoms with E-state index in [-0.39, 0.29) is 39.9 Å². The predicted molar refractivity (Wildman–Crippen MR) is 113 cm³/mol. The molecule has 1 aromatic heterocycles. The van der Waals surface area contributed by atoms with E-state index in [1.807, 2.05) is 0 Å². The second kappa shape index (κ2) is 8.95. The highest BCUT2D eigenvalue weighted by Crippen LogP contribution is 2.26. The topological polar surface area (TPSA) is 84.3 Å². The van der Waals surface area contributed by atoms with Gasteiger partial charge >= 0.3 is 0 Å². The number of anilines is 1. The van der Waals surface area contributed by atoms with Crippen LogP contribution in [0, 0.1) is 5.82 Å². The molecule has 3 rings (SSSR count). The van der Waals surface area contributed by atoms with Gasteiger partial charge in [-0.15, -0.1) is 0 Å². The molecule has 0 atom stereocenters. The Morgan fingerprint density at radius 3 is 2.53 bits per heavy atom. The Bertz CT molecular complexity index is 1160. The van der Waals surface area contributed by atoms with Crippen molar-refractivity contribution < 1.29 is 17.6 Å². The van der Waals surface area contributed by atoms with Gasteiger partial charge in [0.15, 0.2) is 0 Å². The Labute approximate surface area is 179 Å². The van der Waals surface area contributed by atoms with Crippen LogP contribution < -0.4 is 5.32 Å². The van der Waals surface area contributed by atoms with Gasteiger partial charge in [0, 0.05) is 36.7 Å². The van der Waals surface area contributed by atoms with Crippen molar-refractivity contribution in [3.05, 3.63) is 71.5 Å². The van der Waals surface area contributed by atoms with E-state index in [4.69, 9.17) is 11.6 Å². The van der Waals surface area contributed by atoms with Gasteiger partial charge in [-0.3, -0.25) is 4.79 Å². The number of sulfonamides is 1. The minimum Gasteiger partial charge on any atom is -0.322 e. The van der Waals surface area contributed by atoms with Gasteiger partial charge in [0.25, 0.3) is 5.91 Å². The van der Waals surface area contributed by atoms with Gasteiger partial charge in [-0.25, -0.2) is 17.8 Å². The predicted octanol–water partition coefficient (Wildman–Crippen LogP) is 3.95. The summed E-state index contributed by atoms with van der Waals surface area (Å²) >= 11 is 6.10. The maximum absolute atomic E-state index is 14.4. The van der Waals surface area contributed by atoms with E-state index in [1.165, 1.54) is 51.7 Å². The zero-order valence-corrected chi connectivity index (χ0v) is 17.9. The summed E-state index contributed by atoms with van der Waals surface area (Å²) in [5.41, 5.74) is 0.596. The third-order valence-corrected chi connectivity index (χ3v) is 7.04. The van der Waals surface area contributed by atoms with Crippen LogP contribution in [0.1, 0.15) is 24.2 Å². The molecule has 0 saturated heterocycles. The van der Waals surface area contributed by atoms with E-state index in [0.717, 1.165) is 0 Å². The summed E-state index contributed by atoms with van der Waals surface area (Å²) in [6, 6.07) is 8.22. The molecule has 0 spiro atoms. The highest BCUT2D eigenvalue weighted by atomic mass is 35.5. The van der Waals surface area contributed by atoms with Gasteiger partial charge in [-0.2, -0.15) is 4.31 Å². The van der Waals surface area contributed by atoms with E-state index in [2.05, 4.69) is 10.3 Å². The number of amides is 1. The highest BCUT2D eigenvalue weighted by Gasteiger charge is 2.25. The highest BCUT2D eigenvalue weighted by molar-refractivity contribution is 7.89. The molecule has 0 bridgehead atoms. The molecule has 0 saturated carbocycles. The van der Waals surface area contributed by atoms with Crippen molar-refractivity contribution in [2.75, 3.05) is 18.4 Å². The van der Waals surface area contributed by atoms with E-state index in [0.29, 0.717) is 0 Å². The number of halogens is 2. The van der Waals surface area contributed by atoms with Crippen molar-refractivity contribution in [3.8, 4) is 5.69 Å². The fourth-order valence-electron chi connectivity index (χ4n) is 2.94. The second-order valence-corrected chi connectivity index (χ2v) is 8.64. The average Bonchev–Trinajstić information content (AvgIpc) is 3.23. The molecular formula is C20H20ClFN4O3S. The maximum atomic E-state index is 14.4. The molecule has 0 aliphatic rings. The Balaban J connectivity index is 1.87. The lowest BCUT2D eigenvalue weighted by molar-refractivity contribution is 0.102. The van der Waals surface area contributed by atoms with Crippen LogP contribution in [0.2, 0.25) is 5.02 Å². The molecule has 0 unspecified atom stereocenters. The molecule has 30 heavy (non-hydrogen) atoms. The van der Waals surface area contributed by atoms with Gasteiger partial charge < -0.3 is 9.88 Å². The number of rotatable bonds is 7. The molecule has 0 aliphatic carbocycles. The molecule has 1 N–H and O–H groups in total. The molecule has 2 aromatic carbocycles. The fourth-order valence-corrected chi connectivity index (χ4v) is 4.90. The number of benzene rings is 2. The van der Waals surface area contributed by atoms with Crippen LogP contribution in [0.15, 0.2) is 60.0 Å². The van der Waals surface area contributed by atoms with E-state index < -0.39 is 21.7 Å². The van der Waals surface area contributed by atoms with Gasteiger partial charge in [0.1, 0.15) is 10.7 Å². The lowest BCUT2D eigenvalue weighted by Crippen LogP contribution is -2.31. The first-order valence-corrected chi connectivity index (χ1v) is 11.0. The fraction of sp³-hybridized carbons (Fsp3) is 0.200. The van der Waals surface area contributed by atoms with Crippen LogP contribution in [0.3, 0.4) is 0 Å². The normalized spacial score (nSPS) is 11.6. The molecule has 158 valence electrons. The minimum atomic E-state index is -3.85. The summed E-state index contributed by atoms with van der Waals surface area (Å²) in [4.78, 5) is 16.4. The zero-order chi connectivity index (χ0) is 21.9. The number of nitrogens with zero attached hydrogens (tertiary/aromatic N) is 3. The summed E-state index contributed by atoms with van der Waals surface area (Å²) in [7, 11) is -3.85. The molecule has 10 heteroatoms. The Hall–Kier alpha value is -2.75. The number of nitrogens with one attached hydrogen (secondary N) is 1. The van der Waals surface area contributed by atoms with Crippen LogP contribution in [-0.2, 0) is 10.0 Å². The molecule has 0 aliphatic heterocycles. The van der Waals surface area contributed by atoms with Gasteiger partial charge in [-0.1, -0.05) is 25.4 Å². The first-order valence-electron chi connectivity index (χ1n) is 9.16. The number of aromatic nitrogens is 2. The quantitative estimate of drug-likeness (QED) is 0.590. The maximum Gasteiger partial charge on any atom is 0.255 e. The van der Waals surface area contributed by atoms with Crippen molar-refractivity contribution in [2.45, 2.75) is 18.7 Å². The molecular weight excluding hydrogens is 431 g/mol. The van der Waals surface area contributed by atoms with Crippen LogP contribution in [0.5, 0.6) is 0 Å². The Kier molecular flexibility index (Phi) is 6.55. The number of hydrogen-bond donors (Lipinski definition) is 1. The molecule has 0 fully saturated rings. The summed E-state index contributed by atoms with van der Waals surface area (Å²) in [6.45, 7) is 3.98. The third-order valence-electron chi connectivity index (χ3n) is 4.50. The number of carbonyl (C=O) groups excluding carboxylic acids is 1. The summed E-state index contributed by atoms with van der Waals surface area (Å²) in [6.07, 6.45) is 4.59.